The summed E-state index contributed by atoms with van der Waals surface area (Å²) in [6, 6.07) is 4.22. The zero-order valence-corrected chi connectivity index (χ0v) is 20.6. The molecule has 0 aliphatic carbocycles. The summed E-state index contributed by atoms with van der Waals surface area (Å²) in [5.41, 5.74) is 0.144. The summed E-state index contributed by atoms with van der Waals surface area (Å²) in [7, 11) is 1.75. The summed E-state index contributed by atoms with van der Waals surface area (Å²) in [4.78, 5) is 12.1. The van der Waals surface area contributed by atoms with Crippen LogP contribution in [0.25, 0.3) is 0 Å². The SMILES string of the molecule is CCc1cnc(CCNC(=NC)NC2CCCN(Cc3c(F)cccc3F)C2)s1.I. The van der Waals surface area contributed by atoms with Gasteiger partial charge < -0.3 is 10.6 Å². The molecule has 0 spiro atoms. The molecule has 1 unspecified atom stereocenters. The van der Waals surface area contributed by atoms with Crippen molar-refractivity contribution in [3.8, 4) is 0 Å². The van der Waals surface area contributed by atoms with E-state index in [9.17, 15) is 8.78 Å². The highest BCUT2D eigenvalue weighted by Gasteiger charge is 2.22. The van der Waals surface area contributed by atoms with Gasteiger partial charge in [0.2, 0.25) is 0 Å². The highest BCUT2D eigenvalue weighted by Crippen LogP contribution is 2.18. The standard InChI is InChI=1S/C21H29F2N5S.HI/c1-3-16-12-26-20(29-16)9-10-25-21(24-2)27-15-6-5-11-28(13-15)14-17-18(22)7-4-8-19(17)23;/h4,7-8,12,15H,3,5-6,9-11,13-14H2,1-2H3,(H2,24,25,27);1H. The lowest BCUT2D eigenvalue weighted by molar-refractivity contribution is 0.188. The number of hydrogen-bond donors (Lipinski definition) is 2. The van der Waals surface area contributed by atoms with Crippen molar-refractivity contribution in [1.82, 2.24) is 20.5 Å². The predicted molar refractivity (Wildman–Crippen MR) is 130 cm³/mol. The fourth-order valence-electron chi connectivity index (χ4n) is 3.53. The quantitative estimate of drug-likeness (QED) is 0.312. The molecule has 0 bridgehead atoms. The van der Waals surface area contributed by atoms with Gasteiger partial charge in [-0.1, -0.05) is 13.0 Å². The van der Waals surface area contributed by atoms with Gasteiger partial charge >= 0.3 is 0 Å². The third-order valence-corrected chi connectivity index (χ3v) is 6.30. The Labute approximate surface area is 198 Å². The maximum Gasteiger partial charge on any atom is 0.191 e. The van der Waals surface area contributed by atoms with Gasteiger partial charge in [-0.05, 0) is 37.9 Å². The van der Waals surface area contributed by atoms with Crippen LogP contribution in [0.15, 0.2) is 29.4 Å². The van der Waals surface area contributed by atoms with E-state index in [0.29, 0.717) is 0 Å². The number of benzene rings is 1. The predicted octanol–water partition coefficient (Wildman–Crippen LogP) is 3.97. The van der Waals surface area contributed by atoms with Crippen molar-refractivity contribution in [2.24, 2.45) is 4.99 Å². The van der Waals surface area contributed by atoms with Crippen LogP contribution in [0.4, 0.5) is 8.78 Å². The van der Waals surface area contributed by atoms with E-state index in [1.807, 2.05) is 6.20 Å². The monoisotopic (exact) mass is 549 g/mol. The molecule has 5 nitrogen and oxygen atoms in total. The number of aromatic nitrogens is 1. The van der Waals surface area contributed by atoms with Crippen LogP contribution in [0.3, 0.4) is 0 Å². The molecule has 1 fully saturated rings. The van der Waals surface area contributed by atoms with Crippen LogP contribution in [0.5, 0.6) is 0 Å². The van der Waals surface area contributed by atoms with E-state index in [4.69, 9.17) is 0 Å². The largest absolute Gasteiger partial charge is 0.356 e. The molecule has 1 aromatic heterocycles. The highest BCUT2D eigenvalue weighted by molar-refractivity contribution is 14.0. The molecular weight excluding hydrogens is 519 g/mol. The zero-order chi connectivity index (χ0) is 20.6. The van der Waals surface area contributed by atoms with E-state index in [1.54, 1.807) is 18.4 Å². The number of guanidine groups is 1. The average molecular weight is 549 g/mol. The fraction of sp³-hybridized carbons (Fsp3) is 0.524. The van der Waals surface area contributed by atoms with Crippen LogP contribution in [-0.4, -0.2) is 48.6 Å². The average Bonchev–Trinajstić information content (AvgIpc) is 3.18. The molecule has 1 aliphatic rings. The minimum Gasteiger partial charge on any atom is -0.356 e. The molecular formula is C21H30F2IN5S. The second-order valence-electron chi connectivity index (χ2n) is 7.24. The lowest BCUT2D eigenvalue weighted by atomic mass is 10.0. The molecule has 3 rings (SSSR count). The van der Waals surface area contributed by atoms with Crippen LogP contribution in [0.1, 0.15) is 35.2 Å². The lowest BCUT2D eigenvalue weighted by Gasteiger charge is -2.34. The van der Waals surface area contributed by atoms with Gasteiger partial charge in [0.05, 0.1) is 5.01 Å². The first kappa shape index (κ1) is 24.9. The molecule has 1 saturated heterocycles. The number of hydrogen-bond acceptors (Lipinski definition) is 4. The van der Waals surface area contributed by atoms with Gasteiger partial charge in [-0.25, -0.2) is 13.8 Å². The van der Waals surface area contributed by atoms with E-state index < -0.39 is 11.6 Å². The third-order valence-electron chi connectivity index (χ3n) is 5.09. The van der Waals surface area contributed by atoms with Crippen molar-refractivity contribution in [1.29, 1.82) is 0 Å². The van der Waals surface area contributed by atoms with Crippen molar-refractivity contribution < 1.29 is 8.78 Å². The number of thiazole rings is 1. The summed E-state index contributed by atoms with van der Waals surface area (Å²) >= 11 is 1.75. The van der Waals surface area contributed by atoms with E-state index in [2.05, 4.69) is 32.4 Å². The molecule has 0 saturated carbocycles. The van der Waals surface area contributed by atoms with E-state index in [-0.39, 0.29) is 42.1 Å². The number of likely N-dealkylation sites (tertiary alicyclic amines) is 1. The second kappa shape index (κ2) is 12.5. The molecule has 2 aromatic rings. The minimum atomic E-state index is -0.481. The van der Waals surface area contributed by atoms with E-state index in [1.165, 1.54) is 23.1 Å². The number of piperidine rings is 1. The van der Waals surface area contributed by atoms with Crippen LogP contribution in [0.2, 0.25) is 0 Å². The van der Waals surface area contributed by atoms with Crippen LogP contribution >= 0.6 is 35.3 Å². The Kier molecular flexibility index (Phi) is 10.4. The van der Waals surface area contributed by atoms with Gasteiger partial charge in [0.1, 0.15) is 11.6 Å². The van der Waals surface area contributed by atoms with Gasteiger partial charge in [0.15, 0.2) is 5.96 Å². The van der Waals surface area contributed by atoms with Crippen LogP contribution in [-0.2, 0) is 19.4 Å². The summed E-state index contributed by atoms with van der Waals surface area (Å²) in [6.45, 7) is 4.73. The van der Waals surface area contributed by atoms with Crippen molar-refractivity contribution >= 4 is 41.3 Å². The molecule has 1 atom stereocenters. The first-order valence-electron chi connectivity index (χ1n) is 10.1. The Balaban J connectivity index is 0.00000320. The van der Waals surface area contributed by atoms with Crippen molar-refractivity contribution in [2.45, 2.75) is 45.2 Å². The number of aliphatic imine (C=N–C) groups is 1. The zero-order valence-electron chi connectivity index (χ0n) is 17.5. The summed E-state index contributed by atoms with van der Waals surface area (Å²) in [6.07, 6.45) is 5.80. The molecule has 30 heavy (non-hydrogen) atoms. The maximum absolute atomic E-state index is 14.0. The Morgan fingerprint density at radius 3 is 2.77 bits per heavy atom. The number of rotatable bonds is 7. The van der Waals surface area contributed by atoms with Gasteiger partial charge in [-0.2, -0.15) is 0 Å². The number of aryl methyl sites for hydroxylation is 1. The number of nitrogens with zero attached hydrogens (tertiary/aromatic N) is 3. The minimum absolute atomic E-state index is 0. The third kappa shape index (κ3) is 7.12. The van der Waals surface area contributed by atoms with Gasteiger partial charge in [0.25, 0.3) is 0 Å². The van der Waals surface area contributed by atoms with E-state index >= 15 is 0 Å². The molecule has 1 aliphatic heterocycles. The Bertz CT molecular complexity index is 809. The normalized spacial score (nSPS) is 17.5. The summed E-state index contributed by atoms with van der Waals surface area (Å²) in [5.74, 6) is -0.210. The summed E-state index contributed by atoms with van der Waals surface area (Å²) in [5, 5.41) is 7.91. The second-order valence-corrected chi connectivity index (χ2v) is 8.44. The Hall–Kier alpha value is -1.33. The van der Waals surface area contributed by atoms with Gasteiger partial charge in [-0.3, -0.25) is 9.89 Å². The molecule has 9 heteroatoms. The van der Waals surface area contributed by atoms with E-state index in [0.717, 1.165) is 56.3 Å². The molecule has 1 aromatic carbocycles. The lowest BCUT2D eigenvalue weighted by Crippen LogP contribution is -2.51. The summed E-state index contributed by atoms with van der Waals surface area (Å²) < 4.78 is 27.9. The number of nitrogens with one attached hydrogen (secondary N) is 2. The van der Waals surface area contributed by atoms with Crippen LogP contribution in [0, 0.1) is 11.6 Å². The van der Waals surface area contributed by atoms with Crippen molar-refractivity contribution in [3.05, 3.63) is 51.5 Å². The molecule has 2 heterocycles. The molecule has 0 amide bonds. The van der Waals surface area contributed by atoms with Crippen molar-refractivity contribution in [2.75, 3.05) is 26.7 Å². The van der Waals surface area contributed by atoms with Crippen molar-refractivity contribution in [3.63, 3.8) is 0 Å². The smallest absolute Gasteiger partial charge is 0.191 e. The van der Waals surface area contributed by atoms with Crippen LogP contribution < -0.4 is 10.6 Å². The topological polar surface area (TPSA) is 52.6 Å². The number of halogens is 3. The maximum atomic E-state index is 14.0. The Morgan fingerprint density at radius 2 is 2.10 bits per heavy atom. The molecule has 166 valence electrons. The first-order chi connectivity index (χ1) is 14.1. The molecule has 0 radical (unpaired) electrons. The van der Waals surface area contributed by atoms with Gasteiger partial charge in [0, 0.05) is 55.8 Å². The van der Waals surface area contributed by atoms with Gasteiger partial charge in [-0.15, -0.1) is 35.3 Å². The first-order valence-corrected chi connectivity index (χ1v) is 11.0. The fourth-order valence-corrected chi connectivity index (χ4v) is 4.39. The Morgan fingerprint density at radius 1 is 1.33 bits per heavy atom. The molecule has 2 N–H and O–H groups in total. The highest BCUT2D eigenvalue weighted by atomic mass is 127.